The molecule has 1 aliphatic rings. The van der Waals surface area contributed by atoms with Crippen LogP contribution in [-0.4, -0.2) is 39.3 Å². The summed E-state index contributed by atoms with van der Waals surface area (Å²) in [5.74, 6) is -1.93. The molecule has 3 rings (SSSR count). The Bertz CT molecular complexity index is 1080. The van der Waals surface area contributed by atoms with Gasteiger partial charge in [-0.2, -0.15) is 0 Å². The summed E-state index contributed by atoms with van der Waals surface area (Å²) in [5.41, 5.74) is -0.331. The van der Waals surface area contributed by atoms with Crippen molar-refractivity contribution >= 4 is 29.2 Å². The topological polar surface area (TPSA) is 147 Å². The van der Waals surface area contributed by atoms with Crippen LogP contribution in [0.25, 0.3) is 0 Å². The number of ether oxygens (including phenoxy) is 1. The number of nitro groups is 1. The zero-order valence-corrected chi connectivity index (χ0v) is 15.9. The molecule has 3 N–H and O–H groups in total. The van der Waals surface area contributed by atoms with Crippen LogP contribution in [0.15, 0.2) is 39.4 Å². The molecular formula is C17H16N4O6S. The highest BCUT2D eigenvalue weighted by Crippen LogP contribution is 2.43. The van der Waals surface area contributed by atoms with Crippen molar-refractivity contribution in [1.29, 1.82) is 0 Å². The molecule has 0 amide bonds. The Morgan fingerprint density at radius 1 is 1.43 bits per heavy atom. The molecule has 0 saturated heterocycles. The highest BCUT2D eigenvalue weighted by Gasteiger charge is 2.38. The number of aromatic hydroxyl groups is 1. The number of rotatable bonds is 4. The molecule has 0 aliphatic carbocycles. The van der Waals surface area contributed by atoms with Crippen molar-refractivity contribution in [2.75, 3.05) is 18.7 Å². The van der Waals surface area contributed by atoms with Gasteiger partial charge in [0.05, 0.1) is 29.1 Å². The van der Waals surface area contributed by atoms with Gasteiger partial charge in [-0.05, 0) is 19.2 Å². The third-order valence-electron chi connectivity index (χ3n) is 4.35. The van der Waals surface area contributed by atoms with Crippen molar-refractivity contribution in [3.63, 3.8) is 0 Å². The fourth-order valence-electron chi connectivity index (χ4n) is 3.11. The first kappa shape index (κ1) is 19.4. The number of allylic oxidation sites excluding steroid dienone is 1. The summed E-state index contributed by atoms with van der Waals surface area (Å²) < 4.78 is 4.84. The molecule has 10 nitrogen and oxygen atoms in total. The van der Waals surface area contributed by atoms with Crippen LogP contribution in [-0.2, 0) is 9.53 Å². The van der Waals surface area contributed by atoms with E-state index in [0.29, 0.717) is 10.9 Å². The van der Waals surface area contributed by atoms with Crippen LogP contribution in [0.4, 0.5) is 11.5 Å². The molecule has 2 heterocycles. The van der Waals surface area contributed by atoms with Gasteiger partial charge in [-0.1, -0.05) is 11.8 Å². The third kappa shape index (κ3) is 3.20. The van der Waals surface area contributed by atoms with Crippen LogP contribution in [0.1, 0.15) is 24.0 Å². The lowest BCUT2D eigenvalue weighted by molar-refractivity contribution is -0.384. The lowest BCUT2D eigenvalue weighted by Crippen LogP contribution is -2.31. The van der Waals surface area contributed by atoms with Gasteiger partial charge < -0.3 is 20.1 Å². The van der Waals surface area contributed by atoms with Crippen LogP contribution in [0, 0.1) is 10.1 Å². The number of non-ortho nitro benzene ring substituents is 1. The van der Waals surface area contributed by atoms with Gasteiger partial charge in [0.25, 0.3) is 11.2 Å². The molecule has 146 valence electrons. The maximum absolute atomic E-state index is 12.8. The number of carbonyl (C=O) groups excluding carboxylic acids is 1. The Kier molecular flexibility index (Phi) is 5.10. The summed E-state index contributed by atoms with van der Waals surface area (Å²) in [6.45, 7) is 1.60. The molecule has 0 saturated carbocycles. The second-order valence-corrected chi connectivity index (χ2v) is 6.72. The summed E-state index contributed by atoms with van der Waals surface area (Å²) >= 11 is 1.22. The van der Waals surface area contributed by atoms with E-state index < -0.39 is 22.4 Å². The second-order valence-electron chi connectivity index (χ2n) is 5.93. The number of hydrogen-bond acceptors (Lipinski definition) is 9. The minimum absolute atomic E-state index is 0.0286. The maximum atomic E-state index is 12.8. The molecule has 28 heavy (non-hydrogen) atoms. The normalized spacial score (nSPS) is 15.6. The molecule has 1 aliphatic heterocycles. The first-order valence-electron chi connectivity index (χ1n) is 8.00. The predicted octanol–water partition coefficient (Wildman–Crippen LogP) is 2.11. The minimum atomic E-state index is -1.10. The molecule has 0 radical (unpaired) electrons. The van der Waals surface area contributed by atoms with E-state index >= 15 is 0 Å². The monoisotopic (exact) mass is 404 g/mol. The Morgan fingerprint density at radius 3 is 2.75 bits per heavy atom. The molecule has 0 fully saturated rings. The third-order valence-corrected chi connectivity index (χ3v) is 4.93. The number of fused-ring (bicyclic) bond motifs is 1. The highest BCUT2D eigenvalue weighted by atomic mass is 32.2. The fraction of sp³-hybridized carbons (Fsp3) is 0.235. The number of methoxy groups -OCH3 is 1. The van der Waals surface area contributed by atoms with Gasteiger partial charge in [0.15, 0.2) is 5.16 Å². The Labute approximate surface area is 162 Å². The van der Waals surface area contributed by atoms with E-state index in [2.05, 4.69) is 15.3 Å². The smallest absolute Gasteiger partial charge is 0.336 e. The van der Waals surface area contributed by atoms with Gasteiger partial charge >= 0.3 is 5.97 Å². The van der Waals surface area contributed by atoms with E-state index in [1.165, 1.54) is 18.9 Å². The number of benzene rings is 1. The second kappa shape index (κ2) is 7.35. The average molecular weight is 404 g/mol. The van der Waals surface area contributed by atoms with Crippen LogP contribution in [0.3, 0.4) is 0 Å². The van der Waals surface area contributed by atoms with Crippen molar-refractivity contribution in [3.05, 3.63) is 61.1 Å². The number of H-pyrrole nitrogens is 1. The van der Waals surface area contributed by atoms with Crippen LogP contribution >= 0.6 is 11.8 Å². The summed E-state index contributed by atoms with van der Waals surface area (Å²) in [7, 11) is 1.18. The highest BCUT2D eigenvalue weighted by molar-refractivity contribution is 7.98. The van der Waals surface area contributed by atoms with Gasteiger partial charge in [-0.25, -0.2) is 9.78 Å². The molecule has 1 atom stereocenters. The van der Waals surface area contributed by atoms with Gasteiger partial charge in [0.1, 0.15) is 11.6 Å². The van der Waals surface area contributed by atoms with E-state index in [0.717, 1.165) is 18.2 Å². The lowest BCUT2D eigenvalue weighted by atomic mass is 9.81. The van der Waals surface area contributed by atoms with E-state index in [4.69, 9.17) is 4.74 Å². The number of carbonyl (C=O) groups is 1. The minimum Gasteiger partial charge on any atom is -0.508 e. The van der Waals surface area contributed by atoms with Crippen molar-refractivity contribution in [1.82, 2.24) is 9.97 Å². The summed E-state index contributed by atoms with van der Waals surface area (Å²) in [5, 5.41) is 24.9. The quantitative estimate of drug-likeness (QED) is 0.229. The zero-order valence-electron chi connectivity index (χ0n) is 15.1. The molecule has 1 aromatic carbocycles. The van der Waals surface area contributed by atoms with E-state index in [-0.39, 0.29) is 34.0 Å². The number of nitrogens with one attached hydrogen (secondary N) is 2. The number of esters is 1. The summed E-state index contributed by atoms with van der Waals surface area (Å²) in [6.07, 6.45) is 1.74. The van der Waals surface area contributed by atoms with Crippen LogP contribution < -0.4 is 10.9 Å². The number of thioether (sulfide) groups is 1. The van der Waals surface area contributed by atoms with E-state index in [9.17, 15) is 24.8 Å². The molecule has 1 unspecified atom stereocenters. The molecule has 0 spiro atoms. The standard InChI is InChI=1S/C17H16N4O6S/c1-7-11(16(24)27-2)12(9-6-8(21(25)26)4-5-10(9)22)13-14(18-7)19-17(28-3)20-15(13)23/h4-6,12,22H,1-3H3,(H2,18,19,20,23). The summed E-state index contributed by atoms with van der Waals surface area (Å²) in [6, 6.07) is 3.42. The number of nitro benzene ring substituents is 1. The molecular weight excluding hydrogens is 388 g/mol. The first-order valence-corrected chi connectivity index (χ1v) is 9.22. The Morgan fingerprint density at radius 2 is 2.14 bits per heavy atom. The van der Waals surface area contributed by atoms with Crippen molar-refractivity contribution < 1.29 is 19.6 Å². The number of phenolic OH excluding ortho intramolecular Hbond substituents is 1. The maximum Gasteiger partial charge on any atom is 0.336 e. The number of aromatic nitrogens is 2. The van der Waals surface area contributed by atoms with E-state index in [1.807, 2.05) is 0 Å². The lowest BCUT2D eigenvalue weighted by Gasteiger charge is -2.28. The van der Waals surface area contributed by atoms with Gasteiger partial charge in [0.2, 0.25) is 0 Å². The first-order chi connectivity index (χ1) is 13.3. The SMILES string of the molecule is COC(=O)C1=C(C)Nc2nc(SC)[nH]c(=O)c2C1c1cc([N+](=O)[O-])ccc1O. The predicted molar refractivity (Wildman–Crippen MR) is 102 cm³/mol. The van der Waals surface area contributed by atoms with Crippen LogP contribution in [0.5, 0.6) is 5.75 Å². The molecule has 2 aromatic rings. The number of phenols is 1. The Hall–Kier alpha value is -3.34. The number of hydrogen-bond donors (Lipinski definition) is 3. The molecule has 1 aromatic heterocycles. The largest absolute Gasteiger partial charge is 0.508 e. The van der Waals surface area contributed by atoms with Crippen molar-refractivity contribution in [2.24, 2.45) is 0 Å². The van der Waals surface area contributed by atoms with Gasteiger partial charge in [0, 0.05) is 23.4 Å². The number of aromatic amines is 1. The van der Waals surface area contributed by atoms with E-state index in [1.54, 1.807) is 13.2 Å². The van der Waals surface area contributed by atoms with Crippen LogP contribution in [0.2, 0.25) is 0 Å². The van der Waals surface area contributed by atoms with Crippen molar-refractivity contribution in [3.8, 4) is 5.75 Å². The fourth-order valence-corrected chi connectivity index (χ4v) is 3.48. The summed E-state index contributed by atoms with van der Waals surface area (Å²) in [4.78, 5) is 42.7. The van der Waals surface area contributed by atoms with Crippen molar-refractivity contribution in [2.45, 2.75) is 18.0 Å². The average Bonchev–Trinajstić information content (AvgIpc) is 2.66. The molecule has 0 bridgehead atoms. The zero-order chi connectivity index (χ0) is 20.6. The Balaban J connectivity index is 2.36. The number of anilines is 1. The molecule has 11 heteroatoms. The number of nitrogens with zero attached hydrogens (tertiary/aromatic N) is 2. The van der Waals surface area contributed by atoms with Gasteiger partial charge in [-0.15, -0.1) is 0 Å². The van der Waals surface area contributed by atoms with Gasteiger partial charge in [-0.3, -0.25) is 14.9 Å².